The number of carbonyl (C=O) groups is 1. The summed E-state index contributed by atoms with van der Waals surface area (Å²) in [6.45, 7) is 6.56. The molecule has 0 aromatic carbocycles. The topological polar surface area (TPSA) is 64.3 Å². The summed E-state index contributed by atoms with van der Waals surface area (Å²) < 4.78 is 0. The first kappa shape index (κ1) is 20.2. The number of aromatic nitrogens is 2. The van der Waals surface area contributed by atoms with E-state index in [9.17, 15) is 4.79 Å². The molecule has 3 heterocycles. The number of amides is 1. The monoisotopic (exact) mass is 363 g/mol. The summed E-state index contributed by atoms with van der Waals surface area (Å²) in [4.78, 5) is 24.2. The number of carbonyl (C=O) groups excluding carboxylic acids is 1. The molecule has 0 aliphatic carbocycles. The van der Waals surface area contributed by atoms with Crippen molar-refractivity contribution in [2.24, 2.45) is 0 Å². The maximum absolute atomic E-state index is 12.2. The average molecular weight is 364 g/mol. The average Bonchev–Trinajstić information content (AvgIpc) is 3.08. The van der Waals surface area contributed by atoms with Gasteiger partial charge < -0.3 is 20.1 Å². The van der Waals surface area contributed by atoms with Crippen LogP contribution in [0.3, 0.4) is 0 Å². The van der Waals surface area contributed by atoms with E-state index >= 15 is 0 Å². The predicted molar refractivity (Wildman–Crippen MR) is 95.6 cm³/mol. The number of hydrogen-bond donors (Lipinski definition) is 2. The molecule has 1 unspecified atom stereocenters. The van der Waals surface area contributed by atoms with Crippen LogP contribution >= 0.6 is 24.8 Å². The Balaban J connectivity index is 0.00000132. The standard InChI is InChI=1S/C15H25N5O.2ClH/c21-14(20-10-6-16-7-11-20)3-9-19-8-1-2-13(12-19)15-17-4-5-18-15;;/h4-5,13,16H,1-3,6-12H2,(H,17,18);2*1H. The predicted octanol–water partition coefficient (Wildman–Crippen LogP) is 1.25. The van der Waals surface area contributed by atoms with Gasteiger partial charge in [-0.25, -0.2) is 4.98 Å². The summed E-state index contributed by atoms with van der Waals surface area (Å²) in [5, 5.41) is 3.28. The van der Waals surface area contributed by atoms with Crippen molar-refractivity contribution in [3.63, 3.8) is 0 Å². The van der Waals surface area contributed by atoms with Crippen molar-refractivity contribution in [3.8, 4) is 0 Å². The van der Waals surface area contributed by atoms with Crippen molar-refractivity contribution in [1.29, 1.82) is 0 Å². The van der Waals surface area contributed by atoms with Gasteiger partial charge in [0.05, 0.1) is 0 Å². The summed E-state index contributed by atoms with van der Waals surface area (Å²) in [6.07, 6.45) is 6.73. The van der Waals surface area contributed by atoms with E-state index in [1.165, 1.54) is 12.8 Å². The molecular weight excluding hydrogens is 337 g/mol. The second-order valence-corrected chi connectivity index (χ2v) is 5.99. The van der Waals surface area contributed by atoms with Gasteiger partial charge in [0, 0.05) is 64.0 Å². The zero-order chi connectivity index (χ0) is 14.5. The van der Waals surface area contributed by atoms with Crippen LogP contribution in [0.2, 0.25) is 0 Å². The number of piperidine rings is 1. The van der Waals surface area contributed by atoms with E-state index in [-0.39, 0.29) is 24.8 Å². The van der Waals surface area contributed by atoms with E-state index < -0.39 is 0 Å². The van der Waals surface area contributed by atoms with Gasteiger partial charge >= 0.3 is 0 Å². The minimum Gasteiger partial charge on any atom is -0.348 e. The highest BCUT2D eigenvalue weighted by atomic mass is 35.5. The maximum atomic E-state index is 12.2. The Morgan fingerprint density at radius 2 is 2.04 bits per heavy atom. The van der Waals surface area contributed by atoms with Crippen LogP contribution in [0.4, 0.5) is 0 Å². The molecule has 2 saturated heterocycles. The number of nitrogens with one attached hydrogen (secondary N) is 2. The molecule has 132 valence electrons. The Bertz CT molecular complexity index is 451. The van der Waals surface area contributed by atoms with E-state index in [0.717, 1.165) is 51.6 Å². The van der Waals surface area contributed by atoms with Crippen molar-refractivity contribution in [2.75, 3.05) is 45.8 Å². The Labute approximate surface area is 150 Å². The molecule has 8 heteroatoms. The van der Waals surface area contributed by atoms with Gasteiger partial charge in [0.1, 0.15) is 5.82 Å². The van der Waals surface area contributed by atoms with Gasteiger partial charge in [0.15, 0.2) is 0 Å². The first-order chi connectivity index (χ1) is 10.3. The van der Waals surface area contributed by atoms with E-state index in [0.29, 0.717) is 18.2 Å². The minimum absolute atomic E-state index is 0. The molecule has 6 nitrogen and oxygen atoms in total. The molecule has 0 radical (unpaired) electrons. The van der Waals surface area contributed by atoms with Crippen LogP contribution in [-0.2, 0) is 4.79 Å². The first-order valence-corrected chi connectivity index (χ1v) is 8.03. The van der Waals surface area contributed by atoms with Gasteiger partial charge in [-0.2, -0.15) is 0 Å². The largest absolute Gasteiger partial charge is 0.348 e. The van der Waals surface area contributed by atoms with E-state index in [2.05, 4.69) is 20.2 Å². The number of nitrogens with zero attached hydrogens (tertiary/aromatic N) is 3. The second kappa shape index (κ2) is 10.1. The van der Waals surface area contributed by atoms with E-state index in [1.807, 2.05) is 17.3 Å². The fourth-order valence-electron chi connectivity index (χ4n) is 3.31. The number of halogens is 2. The number of rotatable bonds is 4. The molecule has 23 heavy (non-hydrogen) atoms. The van der Waals surface area contributed by atoms with Crippen LogP contribution in [-0.4, -0.2) is 71.5 Å². The lowest BCUT2D eigenvalue weighted by atomic mass is 9.97. The number of H-pyrrole nitrogens is 1. The molecule has 3 rings (SSSR count). The lowest BCUT2D eigenvalue weighted by Gasteiger charge is -2.33. The number of aromatic amines is 1. The van der Waals surface area contributed by atoms with Crippen molar-refractivity contribution >= 4 is 30.7 Å². The van der Waals surface area contributed by atoms with Crippen molar-refractivity contribution in [3.05, 3.63) is 18.2 Å². The molecule has 2 aliphatic heterocycles. The lowest BCUT2D eigenvalue weighted by Crippen LogP contribution is -2.47. The normalized spacial score (nSPS) is 22.1. The third kappa shape index (κ3) is 5.64. The Morgan fingerprint density at radius 1 is 1.26 bits per heavy atom. The molecule has 2 N–H and O–H groups in total. The summed E-state index contributed by atoms with van der Waals surface area (Å²) in [7, 11) is 0. The Morgan fingerprint density at radius 3 is 2.74 bits per heavy atom. The first-order valence-electron chi connectivity index (χ1n) is 8.03. The van der Waals surface area contributed by atoms with Crippen LogP contribution in [0.5, 0.6) is 0 Å². The van der Waals surface area contributed by atoms with E-state index in [4.69, 9.17) is 0 Å². The summed E-state index contributed by atoms with van der Waals surface area (Å²) >= 11 is 0. The molecule has 1 amide bonds. The van der Waals surface area contributed by atoms with Crippen molar-refractivity contribution < 1.29 is 4.79 Å². The molecule has 0 saturated carbocycles. The van der Waals surface area contributed by atoms with E-state index in [1.54, 1.807) is 0 Å². The smallest absolute Gasteiger partial charge is 0.223 e. The summed E-state index contributed by atoms with van der Waals surface area (Å²) in [5.41, 5.74) is 0. The Kier molecular flexibility index (Phi) is 8.91. The third-order valence-corrected chi connectivity index (χ3v) is 4.52. The van der Waals surface area contributed by atoms with Gasteiger partial charge in [-0.15, -0.1) is 24.8 Å². The van der Waals surface area contributed by atoms with Crippen LogP contribution in [0.25, 0.3) is 0 Å². The minimum atomic E-state index is 0. The molecule has 1 atom stereocenters. The number of piperazine rings is 1. The van der Waals surface area contributed by atoms with Gasteiger partial charge in [0.2, 0.25) is 5.91 Å². The number of hydrogen-bond acceptors (Lipinski definition) is 4. The van der Waals surface area contributed by atoms with Crippen LogP contribution < -0.4 is 5.32 Å². The zero-order valence-corrected chi connectivity index (χ0v) is 15.0. The van der Waals surface area contributed by atoms with Crippen molar-refractivity contribution in [1.82, 2.24) is 25.1 Å². The fourth-order valence-corrected chi connectivity index (χ4v) is 3.31. The summed E-state index contributed by atoms with van der Waals surface area (Å²) in [6, 6.07) is 0. The molecule has 0 bridgehead atoms. The van der Waals surface area contributed by atoms with Gasteiger partial charge in [-0.05, 0) is 19.4 Å². The molecule has 2 aliphatic rings. The van der Waals surface area contributed by atoms with Crippen LogP contribution in [0, 0.1) is 0 Å². The zero-order valence-electron chi connectivity index (χ0n) is 13.4. The number of likely N-dealkylation sites (tertiary alicyclic amines) is 1. The highest BCUT2D eigenvalue weighted by Crippen LogP contribution is 2.24. The molecule has 1 aromatic rings. The van der Waals surface area contributed by atoms with Crippen LogP contribution in [0.15, 0.2) is 12.4 Å². The van der Waals surface area contributed by atoms with Gasteiger partial charge in [0.25, 0.3) is 0 Å². The molecular formula is C15H27Cl2N5O. The highest BCUT2D eigenvalue weighted by Gasteiger charge is 2.24. The quantitative estimate of drug-likeness (QED) is 0.844. The molecule has 1 aromatic heterocycles. The van der Waals surface area contributed by atoms with Crippen molar-refractivity contribution in [2.45, 2.75) is 25.2 Å². The second-order valence-electron chi connectivity index (χ2n) is 5.99. The summed E-state index contributed by atoms with van der Waals surface area (Å²) in [5.74, 6) is 1.88. The SMILES string of the molecule is Cl.Cl.O=C(CCN1CCCC(c2ncc[nH]2)C1)N1CCNCC1. The molecule has 2 fully saturated rings. The lowest BCUT2D eigenvalue weighted by molar-refractivity contribution is -0.132. The number of imidazole rings is 1. The fraction of sp³-hybridized carbons (Fsp3) is 0.733. The van der Waals surface area contributed by atoms with Crippen LogP contribution in [0.1, 0.15) is 31.0 Å². The van der Waals surface area contributed by atoms with Gasteiger partial charge in [-0.1, -0.05) is 0 Å². The molecule has 0 spiro atoms. The Hall–Kier alpha value is -0.820. The maximum Gasteiger partial charge on any atom is 0.223 e. The van der Waals surface area contributed by atoms with Gasteiger partial charge in [-0.3, -0.25) is 4.79 Å². The third-order valence-electron chi connectivity index (χ3n) is 4.52. The highest BCUT2D eigenvalue weighted by molar-refractivity contribution is 5.85.